The second-order valence-electron chi connectivity index (χ2n) is 3.92. The molecule has 1 atom stereocenters. The second kappa shape index (κ2) is 3.51. The number of carbonyl (C=O) groups is 1. The highest BCUT2D eigenvalue weighted by molar-refractivity contribution is 7.86. The first-order valence-electron chi connectivity index (χ1n) is 4.36. The molecule has 0 amide bonds. The summed E-state index contributed by atoms with van der Waals surface area (Å²) < 4.78 is 31.8. The van der Waals surface area contributed by atoms with E-state index in [9.17, 15) is 13.2 Å². The lowest BCUT2D eigenvalue weighted by atomic mass is 9.90. The summed E-state index contributed by atoms with van der Waals surface area (Å²) in [6.07, 6.45) is -1.01. The van der Waals surface area contributed by atoms with Crippen LogP contribution >= 0.6 is 0 Å². The van der Waals surface area contributed by atoms with E-state index in [0.717, 1.165) is 0 Å². The number of ether oxygens (including phenoxy) is 1. The SMILES string of the molecule is CCS(=O)(=O)OC1C(=O)OCC1(C)C. The van der Waals surface area contributed by atoms with Gasteiger partial charge in [0.1, 0.15) is 0 Å². The number of carbonyl (C=O) groups excluding carboxylic acids is 1. The zero-order valence-corrected chi connectivity index (χ0v) is 9.26. The third-order valence-corrected chi connectivity index (χ3v) is 3.30. The molecular weight excluding hydrogens is 208 g/mol. The maximum atomic E-state index is 11.2. The van der Waals surface area contributed by atoms with Gasteiger partial charge < -0.3 is 4.74 Å². The van der Waals surface area contributed by atoms with Crippen LogP contribution in [0.5, 0.6) is 0 Å². The Labute approximate surface area is 83.5 Å². The standard InChI is InChI=1S/C8H14O5S/c1-4-14(10,11)13-6-7(9)12-5-8(6,2)3/h6H,4-5H2,1-3H3. The highest BCUT2D eigenvalue weighted by atomic mass is 32.2. The minimum Gasteiger partial charge on any atom is -0.463 e. The van der Waals surface area contributed by atoms with Crippen LogP contribution in [0.25, 0.3) is 0 Å². The van der Waals surface area contributed by atoms with Crippen LogP contribution in [0.1, 0.15) is 20.8 Å². The van der Waals surface area contributed by atoms with E-state index in [4.69, 9.17) is 8.92 Å². The number of hydrogen-bond acceptors (Lipinski definition) is 5. The van der Waals surface area contributed by atoms with Gasteiger partial charge in [0, 0.05) is 5.41 Å². The van der Waals surface area contributed by atoms with Crippen LogP contribution in [-0.4, -0.2) is 32.9 Å². The van der Waals surface area contributed by atoms with E-state index >= 15 is 0 Å². The first-order valence-corrected chi connectivity index (χ1v) is 5.94. The van der Waals surface area contributed by atoms with Crippen LogP contribution in [0.4, 0.5) is 0 Å². The molecule has 14 heavy (non-hydrogen) atoms. The largest absolute Gasteiger partial charge is 0.463 e. The van der Waals surface area contributed by atoms with E-state index in [1.54, 1.807) is 13.8 Å². The summed E-state index contributed by atoms with van der Waals surface area (Å²) in [5, 5.41) is 0. The van der Waals surface area contributed by atoms with Gasteiger partial charge in [-0.3, -0.25) is 4.18 Å². The molecule has 1 aliphatic rings. The Hall–Kier alpha value is -0.620. The molecule has 0 radical (unpaired) electrons. The van der Waals surface area contributed by atoms with Crippen molar-refractivity contribution in [2.45, 2.75) is 26.9 Å². The molecule has 1 fully saturated rings. The summed E-state index contributed by atoms with van der Waals surface area (Å²) in [5.74, 6) is -0.751. The molecule has 0 bridgehead atoms. The van der Waals surface area contributed by atoms with Crippen molar-refractivity contribution in [2.24, 2.45) is 5.41 Å². The van der Waals surface area contributed by atoms with E-state index in [-0.39, 0.29) is 12.4 Å². The molecular formula is C8H14O5S. The van der Waals surface area contributed by atoms with Crippen molar-refractivity contribution in [1.82, 2.24) is 0 Å². The van der Waals surface area contributed by atoms with Gasteiger partial charge in [0.05, 0.1) is 12.4 Å². The van der Waals surface area contributed by atoms with Crippen molar-refractivity contribution in [3.63, 3.8) is 0 Å². The predicted molar refractivity (Wildman–Crippen MR) is 49.1 cm³/mol. The summed E-state index contributed by atoms with van der Waals surface area (Å²) in [4.78, 5) is 11.2. The summed E-state index contributed by atoms with van der Waals surface area (Å²) in [6.45, 7) is 5.11. The Morgan fingerprint density at radius 3 is 2.50 bits per heavy atom. The summed E-state index contributed by atoms with van der Waals surface area (Å²) in [6, 6.07) is 0. The Morgan fingerprint density at radius 2 is 2.14 bits per heavy atom. The number of esters is 1. The van der Waals surface area contributed by atoms with Crippen molar-refractivity contribution < 1.29 is 22.1 Å². The van der Waals surface area contributed by atoms with Gasteiger partial charge in [0.2, 0.25) is 0 Å². The van der Waals surface area contributed by atoms with Gasteiger partial charge in [-0.25, -0.2) is 4.79 Å². The summed E-state index contributed by atoms with van der Waals surface area (Å²) in [5.41, 5.74) is -0.584. The average Bonchev–Trinajstić information content (AvgIpc) is 2.32. The molecule has 1 rings (SSSR count). The molecule has 1 heterocycles. The summed E-state index contributed by atoms with van der Waals surface area (Å²) in [7, 11) is -3.61. The molecule has 0 saturated carbocycles. The molecule has 0 aromatic heterocycles. The highest BCUT2D eigenvalue weighted by Crippen LogP contribution is 2.31. The minimum atomic E-state index is -3.61. The molecule has 0 aromatic carbocycles. The first-order chi connectivity index (χ1) is 6.28. The van der Waals surface area contributed by atoms with E-state index in [1.807, 2.05) is 0 Å². The highest BCUT2D eigenvalue weighted by Gasteiger charge is 2.46. The molecule has 0 aliphatic carbocycles. The second-order valence-corrected chi connectivity index (χ2v) is 5.80. The van der Waals surface area contributed by atoms with Crippen LogP contribution < -0.4 is 0 Å². The molecule has 5 nitrogen and oxygen atoms in total. The van der Waals surface area contributed by atoms with Crippen molar-refractivity contribution in [3.8, 4) is 0 Å². The van der Waals surface area contributed by atoms with E-state index in [2.05, 4.69) is 0 Å². The molecule has 0 N–H and O–H groups in total. The van der Waals surface area contributed by atoms with Crippen LogP contribution in [0.2, 0.25) is 0 Å². The molecule has 6 heteroatoms. The molecule has 0 aromatic rings. The fourth-order valence-corrected chi connectivity index (χ4v) is 1.88. The van der Waals surface area contributed by atoms with E-state index in [1.165, 1.54) is 6.92 Å². The van der Waals surface area contributed by atoms with Gasteiger partial charge in [0.15, 0.2) is 6.10 Å². The zero-order chi connectivity index (χ0) is 11.0. The monoisotopic (exact) mass is 222 g/mol. The lowest BCUT2D eigenvalue weighted by Crippen LogP contribution is -2.35. The Kier molecular flexibility index (Phi) is 2.87. The van der Waals surface area contributed by atoms with Crippen molar-refractivity contribution >= 4 is 16.1 Å². The maximum absolute atomic E-state index is 11.2. The Balaban J connectivity index is 2.83. The molecule has 82 valence electrons. The number of rotatable bonds is 3. The van der Waals surface area contributed by atoms with Crippen molar-refractivity contribution in [3.05, 3.63) is 0 Å². The number of cyclic esters (lactones) is 1. The fraction of sp³-hybridized carbons (Fsp3) is 0.875. The third kappa shape index (κ3) is 2.24. The topological polar surface area (TPSA) is 69.7 Å². The van der Waals surface area contributed by atoms with Gasteiger partial charge in [-0.1, -0.05) is 13.8 Å². The molecule has 0 spiro atoms. The van der Waals surface area contributed by atoms with Crippen LogP contribution in [0.15, 0.2) is 0 Å². The Morgan fingerprint density at radius 1 is 1.57 bits per heavy atom. The smallest absolute Gasteiger partial charge is 0.337 e. The van der Waals surface area contributed by atoms with Gasteiger partial charge >= 0.3 is 5.97 Å². The maximum Gasteiger partial charge on any atom is 0.337 e. The predicted octanol–water partition coefficient (Wildman–Crippen LogP) is 0.304. The quantitative estimate of drug-likeness (QED) is 0.507. The lowest BCUT2D eigenvalue weighted by molar-refractivity contribution is -0.143. The van der Waals surface area contributed by atoms with Crippen molar-refractivity contribution in [1.29, 1.82) is 0 Å². The van der Waals surface area contributed by atoms with Gasteiger partial charge in [-0.15, -0.1) is 0 Å². The molecule has 1 unspecified atom stereocenters. The average molecular weight is 222 g/mol. The molecule has 1 saturated heterocycles. The van der Waals surface area contributed by atoms with Crippen LogP contribution in [-0.2, 0) is 23.8 Å². The summed E-state index contributed by atoms with van der Waals surface area (Å²) >= 11 is 0. The van der Waals surface area contributed by atoms with Gasteiger partial charge in [-0.2, -0.15) is 8.42 Å². The zero-order valence-electron chi connectivity index (χ0n) is 8.44. The first kappa shape index (κ1) is 11.5. The fourth-order valence-electron chi connectivity index (χ4n) is 1.11. The van der Waals surface area contributed by atoms with E-state index in [0.29, 0.717) is 0 Å². The minimum absolute atomic E-state index is 0.146. The normalized spacial score (nSPS) is 26.2. The van der Waals surface area contributed by atoms with Gasteiger partial charge in [-0.05, 0) is 6.92 Å². The third-order valence-electron chi connectivity index (χ3n) is 2.11. The number of hydrogen-bond donors (Lipinski definition) is 0. The van der Waals surface area contributed by atoms with Gasteiger partial charge in [0.25, 0.3) is 10.1 Å². The van der Waals surface area contributed by atoms with Crippen LogP contribution in [0.3, 0.4) is 0 Å². The van der Waals surface area contributed by atoms with E-state index < -0.39 is 27.6 Å². The lowest BCUT2D eigenvalue weighted by Gasteiger charge is -2.20. The van der Waals surface area contributed by atoms with Crippen molar-refractivity contribution in [2.75, 3.05) is 12.4 Å². The van der Waals surface area contributed by atoms with Crippen LogP contribution in [0, 0.1) is 5.41 Å². The molecule has 1 aliphatic heterocycles. The Bertz CT molecular complexity index is 330.